The van der Waals surface area contributed by atoms with Gasteiger partial charge in [0, 0.05) is 11.3 Å². The van der Waals surface area contributed by atoms with Gasteiger partial charge in [-0.1, -0.05) is 54.1 Å². The van der Waals surface area contributed by atoms with Gasteiger partial charge in [-0.3, -0.25) is 4.79 Å². The second-order valence-corrected chi connectivity index (χ2v) is 6.14. The molecule has 0 aromatic heterocycles. The van der Waals surface area contributed by atoms with Crippen LogP contribution in [0.1, 0.15) is 16.7 Å². The number of hydrogen-bond acceptors (Lipinski definition) is 3. The first kappa shape index (κ1) is 16.8. The molecule has 1 aliphatic heterocycles. The molecule has 25 heavy (non-hydrogen) atoms. The second kappa shape index (κ2) is 7.22. The Morgan fingerprint density at radius 3 is 2.20 bits per heavy atom. The average molecular weight is 331 g/mol. The van der Waals surface area contributed by atoms with Crippen LogP contribution in [0, 0.1) is 13.8 Å². The van der Waals surface area contributed by atoms with Crippen molar-refractivity contribution in [1.29, 1.82) is 0 Å². The topological polar surface area (TPSA) is 29.5 Å². The van der Waals surface area contributed by atoms with Gasteiger partial charge < -0.3 is 9.64 Å². The number of anilines is 1. The number of allylic oxidation sites excluding steroid dienone is 2. The van der Waals surface area contributed by atoms with E-state index >= 15 is 0 Å². The van der Waals surface area contributed by atoms with Crippen LogP contribution in [0.25, 0.3) is 5.76 Å². The van der Waals surface area contributed by atoms with E-state index in [0.29, 0.717) is 18.1 Å². The minimum Gasteiger partial charge on any atom is -0.458 e. The van der Waals surface area contributed by atoms with Gasteiger partial charge in [0.05, 0.1) is 12.2 Å². The molecule has 0 spiro atoms. The molecule has 0 bridgehead atoms. The van der Waals surface area contributed by atoms with Crippen molar-refractivity contribution in [1.82, 2.24) is 0 Å². The first-order chi connectivity index (χ1) is 12.1. The number of carbonyl (C=O) groups is 1. The quantitative estimate of drug-likeness (QED) is 0.596. The van der Waals surface area contributed by atoms with E-state index in [4.69, 9.17) is 4.74 Å². The summed E-state index contributed by atoms with van der Waals surface area (Å²) in [5.74, 6) is 1.37. The Hall–Kier alpha value is -3.07. The van der Waals surface area contributed by atoms with Crippen molar-refractivity contribution in [3.8, 4) is 0 Å². The van der Waals surface area contributed by atoms with Crippen LogP contribution in [0.4, 0.5) is 5.69 Å². The van der Waals surface area contributed by atoms with Gasteiger partial charge in [0.2, 0.25) is 0 Å². The monoisotopic (exact) mass is 331 g/mol. The number of benzene rings is 2. The minimum absolute atomic E-state index is 0.539. The van der Waals surface area contributed by atoms with E-state index in [1.165, 1.54) is 17.2 Å². The maximum Gasteiger partial charge on any atom is 0.157 e. The molecule has 0 amide bonds. The van der Waals surface area contributed by atoms with Crippen molar-refractivity contribution >= 4 is 17.7 Å². The van der Waals surface area contributed by atoms with Crippen LogP contribution in [0.5, 0.6) is 0 Å². The van der Waals surface area contributed by atoms with E-state index in [1.54, 1.807) is 6.08 Å². The molecule has 126 valence electrons. The maximum atomic E-state index is 10.9. The highest BCUT2D eigenvalue weighted by Gasteiger charge is 2.24. The third-order valence-corrected chi connectivity index (χ3v) is 4.10. The average Bonchev–Trinajstić information content (AvgIpc) is 2.61. The van der Waals surface area contributed by atoms with E-state index < -0.39 is 0 Å². The smallest absolute Gasteiger partial charge is 0.157 e. The van der Waals surface area contributed by atoms with Gasteiger partial charge in [-0.25, -0.2) is 0 Å². The van der Waals surface area contributed by atoms with Crippen molar-refractivity contribution in [3.63, 3.8) is 0 Å². The van der Waals surface area contributed by atoms with E-state index in [1.807, 2.05) is 31.2 Å². The molecule has 0 atom stereocenters. The number of nitrogens with zero attached hydrogens (tertiary/aromatic N) is 1. The summed E-state index contributed by atoms with van der Waals surface area (Å²) in [7, 11) is 0. The lowest BCUT2D eigenvalue weighted by molar-refractivity contribution is -0.104. The standard InChI is InChI=1S/C22H21NO2/c1-16-6-10-19(11-7-16)22-21(5-4-14-24)23(15-18(3)25-22)20-12-8-17(2)9-13-20/h4-14H,3,15H2,1-2H3/b5-4+. The van der Waals surface area contributed by atoms with Crippen LogP contribution in [0.3, 0.4) is 0 Å². The molecule has 0 fully saturated rings. The van der Waals surface area contributed by atoms with E-state index in [9.17, 15) is 4.79 Å². The first-order valence-electron chi connectivity index (χ1n) is 8.21. The molecule has 0 aliphatic carbocycles. The van der Waals surface area contributed by atoms with Crippen molar-refractivity contribution < 1.29 is 9.53 Å². The Morgan fingerprint density at radius 1 is 1.00 bits per heavy atom. The second-order valence-electron chi connectivity index (χ2n) is 6.14. The van der Waals surface area contributed by atoms with Crippen LogP contribution in [0.2, 0.25) is 0 Å². The predicted molar refractivity (Wildman–Crippen MR) is 102 cm³/mol. The molecule has 1 aliphatic rings. The summed E-state index contributed by atoms with van der Waals surface area (Å²) in [5.41, 5.74) is 5.20. The van der Waals surface area contributed by atoms with E-state index in [-0.39, 0.29) is 0 Å². The lowest BCUT2D eigenvalue weighted by Crippen LogP contribution is -2.30. The van der Waals surface area contributed by atoms with Crippen molar-refractivity contribution in [2.75, 3.05) is 11.4 Å². The third-order valence-electron chi connectivity index (χ3n) is 4.10. The van der Waals surface area contributed by atoms with Gasteiger partial charge in [-0.2, -0.15) is 0 Å². The summed E-state index contributed by atoms with van der Waals surface area (Å²) in [6, 6.07) is 16.4. The van der Waals surface area contributed by atoms with Crippen LogP contribution in [-0.2, 0) is 9.53 Å². The van der Waals surface area contributed by atoms with Crippen LogP contribution < -0.4 is 4.90 Å². The van der Waals surface area contributed by atoms with Crippen LogP contribution in [-0.4, -0.2) is 12.8 Å². The molecule has 0 N–H and O–H groups in total. The summed E-state index contributed by atoms with van der Waals surface area (Å²) in [6.07, 6.45) is 4.05. The Kier molecular flexibility index (Phi) is 4.85. The third kappa shape index (κ3) is 3.72. The van der Waals surface area contributed by atoms with Gasteiger partial charge in [-0.05, 0) is 38.1 Å². The summed E-state index contributed by atoms with van der Waals surface area (Å²) in [6.45, 7) is 8.67. The van der Waals surface area contributed by atoms with Gasteiger partial charge in [0.15, 0.2) is 5.76 Å². The lowest BCUT2D eigenvalue weighted by Gasteiger charge is -2.33. The number of rotatable bonds is 4. The minimum atomic E-state index is 0.539. The Labute approximate surface area is 148 Å². The highest BCUT2D eigenvalue weighted by atomic mass is 16.5. The SMILES string of the molecule is C=C1CN(c2ccc(C)cc2)C(/C=C/C=O)=C(c2ccc(C)cc2)O1. The molecule has 0 saturated carbocycles. The number of aryl methyl sites for hydroxylation is 2. The maximum absolute atomic E-state index is 10.9. The molecular formula is C22H21NO2. The summed E-state index contributed by atoms with van der Waals surface area (Å²) >= 11 is 0. The zero-order chi connectivity index (χ0) is 17.8. The first-order valence-corrected chi connectivity index (χ1v) is 8.21. The fourth-order valence-electron chi connectivity index (χ4n) is 2.78. The number of carbonyl (C=O) groups excluding carboxylic acids is 1. The summed E-state index contributed by atoms with van der Waals surface area (Å²) < 4.78 is 5.97. The number of hydrogen-bond donors (Lipinski definition) is 0. The fraction of sp³-hybridized carbons (Fsp3) is 0.136. The molecule has 0 saturated heterocycles. The van der Waals surface area contributed by atoms with E-state index in [2.05, 4.69) is 42.7 Å². The van der Waals surface area contributed by atoms with Crippen molar-refractivity contribution in [3.05, 3.63) is 95.4 Å². The van der Waals surface area contributed by atoms with E-state index in [0.717, 1.165) is 23.2 Å². The molecule has 0 radical (unpaired) electrons. The zero-order valence-electron chi connectivity index (χ0n) is 14.5. The van der Waals surface area contributed by atoms with Gasteiger partial charge in [-0.15, -0.1) is 0 Å². The summed E-state index contributed by atoms with van der Waals surface area (Å²) in [5, 5.41) is 0. The van der Waals surface area contributed by atoms with Gasteiger partial charge in [0.1, 0.15) is 12.0 Å². The molecule has 3 nitrogen and oxygen atoms in total. The van der Waals surface area contributed by atoms with Gasteiger partial charge in [0.25, 0.3) is 0 Å². The largest absolute Gasteiger partial charge is 0.458 e. The molecule has 3 heteroatoms. The fourth-order valence-corrected chi connectivity index (χ4v) is 2.78. The predicted octanol–water partition coefficient (Wildman–Crippen LogP) is 4.78. The Morgan fingerprint density at radius 2 is 1.60 bits per heavy atom. The normalized spacial score (nSPS) is 14.8. The molecule has 2 aromatic rings. The molecule has 1 heterocycles. The number of aldehydes is 1. The summed E-state index contributed by atoms with van der Waals surface area (Å²) in [4.78, 5) is 13.0. The van der Waals surface area contributed by atoms with Gasteiger partial charge >= 0.3 is 0 Å². The van der Waals surface area contributed by atoms with Crippen LogP contribution in [0.15, 0.2) is 78.7 Å². The highest BCUT2D eigenvalue weighted by Crippen LogP contribution is 2.34. The molecular weight excluding hydrogens is 310 g/mol. The molecule has 0 unspecified atom stereocenters. The highest BCUT2D eigenvalue weighted by molar-refractivity contribution is 5.77. The van der Waals surface area contributed by atoms with Crippen LogP contribution >= 0.6 is 0 Å². The molecule has 2 aromatic carbocycles. The lowest BCUT2D eigenvalue weighted by atomic mass is 10.1. The Balaban J connectivity index is 2.15. The van der Waals surface area contributed by atoms with Crippen molar-refractivity contribution in [2.45, 2.75) is 13.8 Å². The van der Waals surface area contributed by atoms with Crippen molar-refractivity contribution in [2.24, 2.45) is 0 Å². The molecule has 3 rings (SSSR count). The number of ether oxygens (including phenoxy) is 1. The zero-order valence-corrected chi connectivity index (χ0v) is 14.5. The Bertz CT molecular complexity index is 843.